The van der Waals surface area contributed by atoms with Crippen molar-refractivity contribution in [2.24, 2.45) is 4.99 Å². The van der Waals surface area contributed by atoms with Crippen molar-refractivity contribution in [1.29, 1.82) is 0 Å². The first-order chi connectivity index (χ1) is 15.3. The minimum atomic E-state index is -0.650. The fourth-order valence-corrected chi connectivity index (χ4v) is 4.56. The van der Waals surface area contributed by atoms with Crippen LogP contribution in [0.25, 0.3) is 0 Å². The molecule has 0 spiro atoms. The maximum atomic E-state index is 6.18. The number of ether oxygens (including phenoxy) is 1. The molecule has 0 amide bonds. The lowest BCUT2D eigenvalue weighted by atomic mass is 9.72. The molecule has 0 saturated carbocycles. The van der Waals surface area contributed by atoms with Crippen molar-refractivity contribution in [3.63, 3.8) is 0 Å². The molecule has 3 aromatic rings. The molecular formula is C24H24Cl2N4OS. The zero-order valence-electron chi connectivity index (χ0n) is 18.3. The average Bonchev–Trinajstić information content (AvgIpc) is 3.07. The first kappa shape index (κ1) is 22.9. The number of nitrogens with one attached hydrogen (secondary N) is 1. The Morgan fingerprint density at radius 2 is 1.56 bits per heavy atom. The van der Waals surface area contributed by atoms with E-state index < -0.39 is 11.1 Å². The maximum absolute atomic E-state index is 6.18. The van der Waals surface area contributed by atoms with Gasteiger partial charge < -0.3 is 10.1 Å². The summed E-state index contributed by atoms with van der Waals surface area (Å²) in [4.78, 5) is 14.2. The van der Waals surface area contributed by atoms with Gasteiger partial charge in [-0.1, -0.05) is 59.2 Å². The minimum absolute atomic E-state index is 0.494. The number of halogens is 2. The average molecular weight is 487 g/mol. The molecule has 4 rings (SSSR count). The first-order valence-corrected chi connectivity index (χ1v) is 12.2. The Bertz CT molecular complexity index is 1150. The fourth-order valence-electron chi connectivity index (χ4n) is 3.97. The number of nitrogens with zero attached hydrogens (tertiary/aromatic N) is 3. The van der Waals surface area contributed by atoms with E-state index in [2.05, 4.69) is 29.1 Å². The minimum Gasteiger partial charge on any atom is -0.477 e. The Kier molecular flexibility index (Phi) is 6.39. The number of aliphatic imine (C=N–C) groups is 1. The highest BCUT2D eigenvalue weighted by atomic mass is 35.5. The van der Waals surface area contributed by atoms with Crippen LogP contribution in [0, 0.1) is 0 Å². The molecule has 2 aromatic carbocycles. The molecule has 166 valence electrons. The van der Waals surface area contributed by atoms with Crippen LogP contribution in [0.4, 0.5) is 0 Å². The van der Waals surface area contributed by atoms with E-state index in [-0.39, 0.29) is 0 Å². The summed E-state index contributed by atoms with van der Waals surface area (Å²) in [5.41, 5.74) is 1.58. The van der Waals surface area contributed by atoms with E-state index in [0.29, 0.717) is 33.5 Å². The Hall–Kier alpha value is -2.28. The van der Waals surface area contributed by atoms with Crippen LogP contribution < -0.4 is 10.1 Å². The van der Waals surface area contributed by atoms with Gasteiger partial charge in [-0.05, 0) is 62.4 Å². The number of hydrogen-bond acceptors (Lipinski definition) is 6. The molecule has 2 atom stereocenters. The zero-order chi connectivity index (χ0) is 22.9. The van der Waals surface area contributed by atoms with Crippen molar-refractivity contribution < 1.29 is 4.74 Å². The molecule has 2 heterocycles. The van der Waals surface area contributed by atoms with Crippen molar-refractivity contribution in [2.75, 3.05) is 12.9 Å². The van der Waals surface area contributed by atoms with Gasteiger partial charge in [-0.3, -0.25) is 4.99 Å². The molecule has 0 fully saturated rings. The van der Waals surface area contributed by atoms with Crippen LogP contribution in [0.1, 0.15) is 37.5 Å². The molecule has 0 saturated heterocycles. The lowest BCUT2D eigenvalue weighted by molar-refractivity contribution is 0.268. The Morgan fingerprint density at radius 3 is 2.12 bits per heavy atom. The number of aromatic nitrogens is 2. The van der Waals surface area contributed by atoms with Gasteiger partial charge in [0.15, 0.2) is 5.16 Å². The number of hydrogen-bond donors (Lipinski definition) is 1. The predicted molar refractivity (Wildman–Crippen MR) is 132 cm³/mol. The van der Waals surface area contributed by atoms with Crippen molar-refractivity contribution in [3.05, 3.63) is 81.5 Å². The van der Waals surface area contributed by atoms with Crippen molar-refractivity contribution >= 4 is 40.8 Å². The molecule has 1 aliphatic heterocycles. The normalized spacial score (nSPS) is 22.4. The highest BCUT2D eigenvalue weighted by Crippen LogP contribution is 2.48. The largest absolute Gasteiger partial charge is 0.477 e. The topological polar surface area (TPSA) is 59.4 Å². The second-order valence-corrected chi connectivity index (χ2v) is 9.45. The monoisotopic (exact) mass is 486 g/mol. The molecule has 0 aliphatic carbocycles. The number of benzene rings is 2. The molecule has 0 radical (unpaired) electrons. The SMILES string of the molecule is CCOc1nc(SC)ncc1C1=NC(C)(c2ccc(Cl)cc2)C(C)(c2ccc(Cl)cc2)N1. The van der Waals surface area contributed by atoms with Crippen LogP contribution >= 0.6 is 35.0 Å². The maximum Gasteiger partial charge on any atom is 0.228 e. The van der Waals surface area contributed by atoms with E-state index in [1.807, 2.05) is 61.7 Å². The van der Waals surface area contributed by atoms with Gasteiger partial charge in [0.05, 0.1) is 17.7 Å². The third kappa shape index (κ3) is 3.96. The number of amidine groups is 1. The summed E-state index contributed by atoms with van der Waals surface area (Å²) in [5.74, 6) is 1.19. The molecule has 1 N–H and O–H groups in total. The van der Waals surface area contributed by atoms with E-state index >= 15 is 0 Å². The lowest BCUT2D eigenvalue weighted by Gasteiger charge is -2.40. The van der Waals surface area contributed by atoms with E-state index in [0.717, 1.165) is 16.7 Å². The van der Waals surface area contributed by atoms with E-state index in [1.165, 1.54) is 11.8 Å². The Morgan fingerprint density at radius 1 is 0.969 bits per heavy atom. The molecular weight excluding hydrogens is 463 g/mol. The van der Waals surface area contributed by atoms with Crippen molar-refractivity contribution in [2.45, 2.75) is 37.0 Å². The fraction of sp³-hybridized carbons (Fsp3) is 0.292. The molecule has 1 aliphatic rings. The van der Waals surface area contributed by atoms with Crippen LogP contribution in [-0.4, -0.2) is 28.7 Å². The van der Waals surface area contributed by atoms with Crippen LogP contribution in [-0.2, 0) is 11.1 Å². The highest BCUT2D eigenvalue weighted by molar-refractivity contribution is 7.98. The van der Waals surface area contributed by atoms with Gasteiger partial charge in [0.2, 0.25) is 5.88 Å². The number of rotatable bonds is 6. The zero-order valence-corrected chi connectivity index (χ0v) is 20.6. The summed E-state index contributed by atoms with van der Waals surface area (Å²) in [5, 5.41) is 5.68. The second kappa shape index (κ2) is 8.93. The van der Waals surface area contributed by atoms with Crippen LogP contribution in [0.15, 0.2) is 64.9 Å². The summed E-state index contributed by atoms with van der Waals surface area (Å²) in [6.07, 6.45) is 3.71. The van der Waals surface area contributed by atoms with Gasteiger partial charge in [-0.15, -0.1) is 0 Å². The lowest BCUT2D eigenvalue weighted by Crippen LogP contribution is -2.50. The third-order valence-corrected chi connectivity index (χ3v) is 7.02. The summed E-state index contributed by atoms with van der Waals surface area (Å²) in [6, 6.07) is 15.7. The van der Waals surface area contributed by atoms with Gasteiger partial charge in [-0.25, -0.2) is 4.98 Å². The van der Waals surface area contributed by atoms with Crippen molar-refractivity contribution in [3.8, 4) is 5.88 Å². The first-order valence-electron chi connectivity index (χ1n) is 10.2. The van der Waals surface area contributed by atoms with E-state index in [4.69, 9.17) is 32.9 Å². The smallest absolute Gasteiger partial charge is 0.228 e. The summed E-state index contributed by atoms with van der Waals surface area (Å²) < 4.78 is 5.85. The quantitative estimate of drug-likeness (QED) is 0.337. The molecule has 2 unspecified atom stereocenters. The van der Waals surface area contributed by atoms with Crippen LogP contribution in [0.5, 0.6) is 5.88 Å². The summed E-state index contributed by atoms with van der Waals surface area (Å²) >= 11 is 13.8. The van der Waals surface area contributed by atoms with Crippen LogP contribution in [0.3, 0.4) is 0 Å². The van der Waals surface area contributed by atoms with Crippen molar-refractivity contribution in [1.82, 2.24) is 15.3 Å². The highest BCUT2D eigenvalue weighted by Gasteiger charge is 2.52. The van der Waals surface area contributed by atoms with E-state index in [9.17, 15) is 0 Å². The van der Waals surface area contributed by atoms with Gasteiger partial charge in [-0.2, -0.15) is 4.98 Å². The molecule has 32 heavy (non-hydrogen) atoms. The van der Waals surface area contributed by atoms with Gasteiger partial charge in [0.1, 0.15) is 11.4 Å². The van der Waals surface area contributed by atoms with Gasteiger partial charge in [0, 0.05) is 16.2 Å². The molecule has 1 aromatic heterocycles. The Balaban J connectivity index is 1.89. The van der Waals surface area contributed by atoms with E-state index in [1.54, 1.807) is 6.20 Å². The molecule has 8 heteroatoms. The molecule has 0 bridgehead atoms. The van der Waals surface area contributed by atoms with Gasteiger partial charge in [0.25, 0.3) is 0 Å². The summed E-state index contributed by atoms with van der Waals surface area (Å²) in [7, 11) is 0. The molecule has 5 nitrogen and oxygen atoms in total. The predicted octanol–water partition coefficient (Wildman–Crippen LogP) is 6.08. The second-order valence-electron chi connectivity index (χ2n) is 7.80. The third-order valence-electron chi connectivity index (χ3n) is 5.96. The van der Waals surface area contributed by atoms with Gasteiger partial charge >= 0.3 is 0 Å². The standard InChI is InChI=1S/C24H24Cl2N4OS/c1-5-31-21-19(14-27-22(28-21)32-4)20-29-23(2,15-6-10-17(25)11-7-15)24(3,30-20)16-8-12-18(26)13-9-16/h6-14H,5H2,1-4H3,(H,29,30). The summed E-state index contributed by atoms with van der Waals surface area (Å²) in [6.45, 7) is 6.68. The van der Waals surface area contributed by atoms with Crippen LogP contribution in [0.2, 0.25) is 10.0 Å². The number of thioether (sulfide) groups is 1. The Labute approximate surface area is 202 Å².